The first kappa shape index (κ1) is 14.6. The Bertz CT molecular complexity index is 338. The third kappa shape index (κ3) is 5.13. The van der Waals surface area contributed by atoms with E-state index in [4.69, 9.17) is 27.9 Å². The first-order valence-electron chi connectivity index (χ1n) is 5.48. The molecule has 1 atom stereocenters. The zero-order valence-corrected chi connectivity index (χ0v) is 11.4. The molecule has 1 aromatic carbocycles. The van der Waals surface area contributed by atoms with Crippen LogP contribution < -0.4 is 5.32 Å². The highest BCUT2D eigenvalue weighted by Crippen LogP contribution is 2.29. The lowest BCUT2D eigenvalue weighted by atomic mass is 10.3. The van der Waals surface area contributed by atoms with E-state index in [2.05, 4.69) is 5.32 Å². The third-order valence-electron chi connectivity index (χ3n) is 2.10. The molecule has 0 aliphatic rings. The SMILES string of the molecule is CC(C)OCC(O)CNc1c(Cl)cccc1Cl. The molecule has 0 saturated carbocycles. The number of aliphatic hydroxyl groups is 1. The first-order valence-corrected chi connectivity index (χ1v) is 6.24. The van der Waals surface area contributed by atoms with Crippen molar-refractivity contribution in [2.75, 3.05) is 18.5 Å². The second kappa shape index (κ2) is 7.07. The molecule has 0 amide bonds. The fourth-order valence-electron chi connectivity index (χ4n) is 1.25. The van der Waals surface area contributed by atoms with Gasteiger partial charge in [-0.1, -0.05) is 29.3 Å². The van der Waals surface area contributed by atoms with Crippen LogP contribution in [0.1, 0.15) is 13.8 Å². The fraction of sp³-hybridized carbons (Fsp3) is 0.500. The Hall–Kier alpha value is -0.480. The summed E-state index contributed by atoms with van der Waals surface area (Å²) in [6.07, 6.45) is -0.488. The van der Waals surface area contributed by atoms with Gasteiger partial charge in [0.15, 0.2) is 0 Å². The Morgan fingerprint density at radius 1 is 1.29 bits per heavy atom. The summed E-state index contributed by atoms with van der Waals surface area (Å²) in [6.45, 7) is 4.47. The van der Waals surface area contributed by atoms with Crippen LogP contribution in [0.3, 0.4) is 0 Å². The van der Waals surface area contributed by atoms with Gasteiger partial charge in [0.05, 0.1) is 34.5 Å². The van der Waals surface area contributed by atoms with Crippen molar-refractivity contribution < 1.29 is 9.84 Å². The monoisotopic (exact) mass is 277 g/mol. The van der Waals surface area contributed by atoms with Crippen LogP contribution in [0.2, 0.25) is 10.0 Å². The number of aliphatic hydroxyl groups excluding tert-OH is 1. The van der Waals surface area contributed by atoms with E-state index in [1.54, 1.807) is 18.2 Å². The van der Waals surface area contributed by atoms with Gasteiger partial charge < -0.3 is 15.2 Å². The largest absolute Gasteiger partial charge is 0.389 e. The number of anilines is 1. The summed E-state index contributed by atoms with van der Waals surface area (Å²) in [4.78, 5) is 0. The Morgan fingerprint density at radius 2 is 1.88 bits per heavy atom. The average molecular weight is 278 g/mol. The molecular formula is C12H17Cl2NO2. The number of rotatable bonds is 6. The molecule has 1 rings (SSSR count). The highest BCUT2D eigenvalue weighted by molar-refractivity contribution is 6.39. The molecule has 0 aliphatic carbocycles. The summed E-state index contributed by atoms with van der Waals surface area (Å²) in [5, 5.41) is 13.8. The van der Waals surface area contributed by atoms with Crippen LogP contribution in [-0.2, 0) is 4.74 Å². The number of benzene rings is 1. The van der Waals surface area contributed by atoms with Gasteiger partial charge in [0, 0.05) is 6.54 Å². The number of halogens is 2. The van der Waals surface area contributed by atoms with Gasteiger partial charge >= 0.3 is 0 Å². The maximum absolute atomic E-state index is 9.67. The van der Waals surface area contributed by atoms with Crippen LogP contribution in [0.25, 0.3) is 0 Å². The van der Waals surface area contributed by atoms with E-state index in [9.17, 15) is 5.11 Å². The molecule has 5 heteroatoms. The molecule has 17 heavy (non-hydrogen) atoms. The minimum Gasteiger partial charge on any atom is -0.389 e. The van der Waals surface area contributed by atoms with Gasteiger partial charge in [0.2, 0.25) is 0 Å². The van der Waals surface area contributed by atoms with Crippen molar-refractivity contribution in [3.8, 4) is 0 Å². The van der Waals surface area contributed by atoms with Gasteiger partial charge in [0.1, 0.15) is 0 Å². The Balaban J connectivity index is 2.44. The predicted octanol–water partition coefficient (Wildman–Crippen LogP) is 3.19. The highest BCUT2D eigenvalue weighted by Gasteiger charge is 2.09. The zero-order chi connectivity index (χ0) is 12.8. The summed E-state index contributed by atoms with van der Waals surface area (Å²) in [5.74, 6) is 0. The molecule has 3 nitrogen and oxygen atoms in total. The van der Waals surface area contributed by atoms with Gasteiger partial charge in [-0.3, -0.25) is 0 Å². The second-order valence-corrected chi connectivity index (χ2v) is 4.83. The van der Waals surface area contributed by atoms with Gasteiger partial charge in [-0.05, 0) is 26.0 Å². The van der Waals surface area contributed by atoms with Crippen molar-refractivity contribution in [1.29, 1.82) is 0 Å². The van der Waals surface area contributed by atoms with E-state index in [1.807, 2.05) is 13.8 Å². The maximum Gasteiger partial charge on any atom is 0.0945 e. The van der Waals surface area contributed by atoms with Crippen LogP contribution in [0, 0.1) is 0 Å². The van der Waals surface area contributed by atoms with Crippen LogP contribution in [-0.4, -0.2) is 30.5 Å². The summed E-state index contributed by atoms with van der Waals surface area (Å²) in [7, 11) is 0. The molecule has 0 saturated heterocycles. The summed E-state index contributed by atoms with van der Waals surface area (Å²) in [5.41, 5.74) is 0.638. The van der Waals surface area contributed by atoms with Crippen molar-refractivity contribution in [2.45, 2.75) is 26.1 Å². The molecule has 1 unspecified atom stereocenters. The molecule has 0 heterocycles. The van der Waals surface area contributed by atoms with Crippen molar-refractivity contribution >= 4 is 28.9 Å². The second-order valence-electron chi connectivity index (χ2n) is 4.01. The number of ether oxygens (including phenoxy) is 1. The zero-order valence-electron chi connectivity index (χ0n) is 9.91. The average Bonchev–Trinajstić information content (AvgIpc) is 2.25. The number of para-hydroxylation sites is 1. The minimum atomic E-state index is -0.593. The van der Waals surface area contributed by atoms with Gasteiger partial charge in [-0.25, -0.2) is 0 Å². The van der Waals surface area contributed by atoms with Gasteiger partial charge in [-0.15, -0.1) is 0 Å². The van der Waals surface area contributed by atoms with Crippen LogP contribution in [0.15, 0.2) is 18.2 Å². The molecule has 0 spiro atoms. The van der Waals surface area contributed by atoms with E-state index in [0.29, 0.717) is 22.3 Å². The van der Waals surface area contributed by atoms with E-state index in [1.165, 1.54) is 0 Å². The van der Waals surface area contributed by atoms with Gasteiger partial charge in [0.25, 0.3) is 0 Å². The van der Waals surface area contributed by atoms with Crippen molar-refractivity contribution in [3.63, 3.8) is 0 Å². The molecule has 0 radical (unpaired) electrons. The van der Waals surface area contributed by atoms with E-state index >= 15 is 0 Å². The van der Waals surface area contributed by atoms with Crippen LogP contribution >= 0.6 is 23.2 Å². The highest BCUT2D eigenvalue weighted by atomic mass is 35.5. The Labute approximate surface area is 112 Å². The molecule has 0 aliphatic heterocycles. The number of hydrogen-bond acceptors (Lipinski definition) is 3. The summed E-state index contributed by atoms with van der Waals surface area (Å²) in [6, 6.07) is 5.26. The van der Waals surface area contributed by atoms with Crippen molar-refractivity contribution in [1.82, 2.24) is 0 Å². The lowest BCUT2D eigenvalue weighted by Gasteiger charge is -2.16. The summed E-state index contributed by atoms with van der Waals surface area (Å²) >= 11 is 12.0. The first-order chi connectivity index (χ1) is 8.00. The molecule has 1 aromatic rings. The number of nitrogens with one attached hydrogen (secondary N) is 1. The number of hydrogen-bond donors (Lipinski definition) is 2. The topological polar surface area (TPSA) is 41.5 Å². The van der Waals surface area contributed by atoms with E-state index in [0.717, 1.165) is 0 Å². The molecule has 0 aromatic heterocycles. The lowest BCUT2D eigenvalue weighted by Crippen LogP contribution is -2.26. The van der Waals surface area contributed by atoms with E-state index in [-0.39, 0.29) is 12.7 Å². The van der Waals surface area contributed by atoms with Crippen molar-refractivity contribution in [3.05, 3.63) is 28.2 Å². The molecule has 0 fully saturated rings. The molecule has 2 N–H and O–H groups in total. The smallest absolute Gasteiger partial charge is 0.0945 e. The molecule has 0 bridgehead atoms. The minimum absolute atomic E-state index is 0.105. The van der Waals surface area contributed by atoms with Crippen LogP contribution in [0.4, 0.5) is 5.69 Å². The van der Waals surface area contributed by atoms with Gasteiger partial charge in [-0.2, -0.15) is 0 Å². The quantitative estimate of drug-likeness (QED) is 0.839. The van der Waals surface area contributed by atoms with Crippen molar-refractivity contribution in [2.24, 2.45) is 0 Å². The molecular weight excluding hydrogens is 261 g/mol. The van der Waals surface area contributed by atoms with E-state index < -0.39 is 6.10 Å². The fourth-order valence-corrected chi connectivity index (χ4v) is 1.78. The standard InChI is InChI=1S/C12H17Cl2NO2/c1-8(2)17-7-9(16)6-15-12-10(13)4-3-5-11(12)14/h3-5,8-9,15-16H,6-7H2,1-2H3. The third-order valence-corrected chi connectivity index (χ3v) is 2.73. The Morgan fingerprint density at radius 3 is 2.41 bits per heavy atom. The molecule has 96 valence electrons. The lowest BCUT2D eigenvalue weighted by molar-refractivity contribution is 0.0112. The Kier molecular flexibility index (Phi) is 6.06. The predicted molar refractivity (Wildman–Crippen MR) is 72.0 cm³/mol. The maximum atomic E-state index is 9.67. The normalized spacial score (nSPS) is 12.8. The summed E-state index contributed by atoms with van der Waals surface area (Å²) < 4.78 is 5.30. The van der Waals surface area contributed by atoms with Crippen LogP contribution in [0.5, 0.6) is 0 Å².